The second-order valence-corrected chi connectivity index (χ2v) is 7.95. The number of carbonyl (C=O) groups is 1. The quantitative estimate of drug-likeness (QED) is 0.655. The first-order valence-corrected chi connectivity index (χ1v) is 10.3. The van der Waals surface area contributed by atoms with Crippen molar-refractivity contribution in [2.45, 2.75) is 25.0 Å². The fourth-order valence-corrected chi connectivity index (χ4v) is 4.00. The maximum Gasteiger partial charge on any atom is 0.229 e. The fraction of sp³-hybridized carbons (Fsp3) is 0.500. The molecule has 2 N–H and O–H groups in total. The van der Waals surface area contributed by atoms with Crippen LogP contribution >= 0.6 is 11.3 Å². The molecular weight excluding hydrogens is 378 g/mol. The molecule has 7 nitrogen and oxygen atoms in total. The van der Waals surface area contributed by atoms with E-state index in [1.807, 2.05) is 36.7 Å². The minimum atomic E-state index is -0.300. The van der Waals surface area contributed by atoms with Crippen LogP contribution in [0, 0.1) is 0 Å². The van der Waals surface area contributed by atoms with Crippen molar-refractivity contribution in [2.24, 2.45) is 0 Å². The van der Waals surface area contributed by atoms with Crippen molar-refractivity contribution in [2.75, 3.05) is 39.9 Å². The van der Waals surface area contributed by atoms with E-state index in [0.29, 0.717) is 18.8 Å². The molecule has 1 unspecified atom stereocenters. The molecule has 0 bridgehead atoms. The van der Waals surface area contributed by atoms with Crippen LogP contribution in [0.15, 0.2) is 35.8 Å². The number of ether oxygens (including phenoxy) is 1. The van der Waals surface area contributed by atoms with Gasteiger partial charge in [0.2, 0.25) is 5.91 Å². The average Bonchev–Trinajstić information content (AvgIpc) is 3.36. The molecule has 2 aromatic rings. The number of rotatable bonds is 9. The molecule has 1 aliphatic heterocycles. The molecule has 1 fully saturated rings. The first kappa shape index (κ1) is 20.7. The van der Waals surface area contributed by atoms with Crippen LogP contribution in [0.25, 0.3) is 0 Å². The summed E-state index contributed by atoms with van der Waals surface area (Å²) < 4.78 is 5.43. The van der Waals surface area contributed by atoms with Gasteiger partial charge in [-0.1, -0.05) is 12.1 Å². The van der Waals surface area contributed by atoms with Gasteiger partial charge in [-0.2, -0.15) is 0 Å². The van der Waals surface area contributed by atoms with Gasteiger partial charge < -0.3 is 19.8 Å². The van der Waals surface area contributed by atoms with Crippen molar-refractivity contribution in [1.82, 2.24) is 14.8 Å². The summed E-state index contributed by atoms with van der Waals surface area (Å²) in [6.45, 7) is 2.33. The number of likely N-dealkylation sites (tertiary alicyclic amines) is 1. The number of aromatic nitrogens is 1. The second-order valence-electron chi connectivity index (χ2n) is 6.97. The summed E-state index contributed by atoms with van der Waals surface area (Å²) >= 11 is 1.48. The Morgan fingerprint density at radius 3 is 2.82 bits per heavy atom. The van der Waals surface area contributed by atoms with Crippen molar-refractivity contribution in [3.05, 3.63) is 46.4 Å². The number of aliphatic hydroxyl groups is 2. The lowest BCUT2D eigenvalue weighted by Gasteiger charge is -2.32. The van der Waals surface area contributed by atoms with E-state index in [4.69, 9.17) is 9.84 Å². The van der Waals surface area contributed by atoms with Gasteiger partial charge in [0.1, 0.15) is 17.4 Å². The highest BCUT2D eigenvalue weighted by Gasteiger charge is 2.28. The number of β-amino-alcohol motifs (C(OH)–C–C–N with tert-alkyl or cyclic N) is 1. The largest absolute Gasteiger partial charge is 0.491 e. The maximum absolute atomic E-state index is 12.8. The van der Waals surface area contributed by atoms with E-state index in [1.54, 1.807) is 11.1 Å². The molecular formula is C20H27N3O4S. The predicted molar refractivity (Wildman–Crippen MR) is 107 cm³/mol. The van der Waals surface area contributed by atoms with Crippen LogP contribution in [0.1, 0.15) is 23.0 Å². The van der Waals surface area contributed by atoms with E-state index >= 15 is 0 Å². The third kappa shape index (κ3) is 5.51. The molecule has 1 amide bonds. The third-order valence-corrected chi connectivity index (χ3v) is 5.73. The van der Waals surface area contributed by atoms with E-state index in [2.05, 4.69) is 9.88 Å². The molecule has 1 aromatic carbocycles. The van der Waals surface area contributed by atoms with Crippen LogP contribution in [0.3, 0.4) is 0 Å². The van der Waals surface area contributed by atoms with Gasteiger partial charge in [-0.05, 0) is 24.1 Å². The minimum absolute atomic E-state index is 0.0142. The molecule has 28 heavy (non-hydrogen) atoms. The fourth-order valence-electron chi connectivity index (χ4n) is 3.39. The number of thiazole rings is 1. The average molecular weight is 406 g/mol. The van der Waals surface area contributed by atoms with Gasteiger partial charge in [0.05, 0.1) is 25.2 Å². The molecule has 1 aromatic heterocycles. The highest BCUT2D eigenvalue weighted by molar-refractivity contribution is 7.09. The number of likely N-dealkylation sites (N-methyl/N-ethyl adjacent to an activating group) is 1. The number of benzene rings is 1. The summed E-state index contributed by atoms with van der Waals surface area (Å²) in [6, 6.07) is 7.49. The van der Waals surface area contributed by atoms with Gasteiger partial charge in [0, 0.05) is 38.3 Å². The molecule has 152 valence electrons. The van der Waals surface area contributed by atoms with Crippen LogP contribution in [0.2, 0.25) is 0 Å². The molecule has 2 atom stereocenters. The first-order chi connectivity index (χ1) is 13.6. The molecule has 1 aliphatic rings. The van der Waals surface area contributed by atoms with E-state index in [0.717, 1.165) is 23.5 Å². The van der Waals surface area contributed by atoms with Crippen molar-refractivity contribution >= 4 is 17.2 Å². The van der Waals surface area contributed by atoms with E-state index < -0.39 is 0 Å². The Kier molecular flexibility index (Phi) is 7.38. The van der Waals surface area contributed by atoms with Crippen LogP contribution in [-0.2, 0) is 11.2 Å². The van der Waals surface area contributed by atoms with Gasteiger partial charge in [-0.3, -0.25) is 9.69 Å². The zero-order valence-corrected chi connectivity index (χ0v) is 16.8. The van der Waals surface area contributed by atoms with Crippen molar-refractivity contribution in [1.29, 1.82) is 0 Å². The summed E-state index contributed by atoms with van der Waals surface area (Å²) in [5, 5.41) is 21.4. The summed E-state index contributed by atoms with van der Waals surface area (Å²) in [4.78, 5) is 21.0. The van der Waals surface area contributed by atoms with Crippen LogP contribution in [0.5, 0.6) is 5.75 Å². The normalized spacial score (nSPS) is 18.2. The zero-order chi connectivity index (χ0) is 19.9. The molecule has 0 aliphatic carbocycles. The van der Waals surface area contributed by atoms with Crippen molar-refractivity contribution in [3.63, 3.8) is 0 Å². The SMILES string of the molecule is CN(C(=O)Cc1nccs1)C(CN1CC[C@H](O)C1)c1ccc(OCCO)cc1. The Morgan fingerprint density at radius 1 is 1.43 bits per heavy atom. The molecule has 2 heterocycles. The van der Waals surface area contributed by atoms with Crippen LogP contribution in [-0.4, -0.2) is 76.9 Å². The second kappa shape index (κ2) is 9.97. The minimum Gasteiger partial charge on any atom is -0.491 e. The monoisotopic (exact) mass is 405 g/mol. The molecule has 0 radical (unpaired) electrons. The molecule has 8 heteroatoms. The molecule has 3 rings (SSSR count). The molecule has 1 saturated heterocycles. The maximum atomic E-state index is 12.8. The van der Waals surface area contributed by atoms with Crippen LogP contribution < -0.4 is 4.74 Å². The number of nitrogens with zero attached hydrogens (tertiary/aromatic N) is 3. The van der Waals surface area contributed by atoms with Crippen molar-refractivity contribution < 1.29 is 19.7 Å². The van der Waals surface area contributed by atoms with E-state index in [-0.39, 0.29) is 37.7 Å². The number of amides is 1. The highest BCUT2D eigenvalue weighted by atomic mass is 32.1. The molecule has 0 saturated carbocycles. The van der Waals surface area contributed by atoms with E-state index in [9.17, 15) is 9.90 Å². The number of carbonyl (C=O) groups excluding carboxylic acids is 1. The lowest BCUT2D eigenvalue weighted by molar-refractivity contribution is -0.131. The lowest BCUT2D eigenvalue weighted by atomic mass is 10.0. The standard InChI is InChI=1S/C20H27N3O4S/c1-22(20(26)12-19-21-7-11-28-19)18(14-23-8-6-16(25)13-23)15-2-4-17(5-3-15)27-10-9-24/h2-5,7,11,16,18,24-25H,6,8-10,12-14H2,1H3/t16-,18?/m0/s1. The molecule has 0 spiro atoms. The zero-order valence-electron chi connectivity index (χ0n) is 16.0. The van der Waals surface area contributed by atoms with Crippen LogP contribution in [0.4, 0.5) is 0 Å². The summed E-state index contributed by atoms with van der Waals surface area (Å²) in [5.41, 5.74) is 1.01. The summed E-state index contributed by atoms with van der Waals surface area (Å²) in [5.74, 6) is 0.699. The predicted octanol–water partition coefficient (Wildman–Crippen LogP) is 1.32. The van der Waals surface area contributed by atoms with Gasteiger partial charge in [-0.25, -0.2) is 4.98 Å². The Morgan fingerprint density at radius 2 is 2.21 bits per heavy atom. The van der Waals surface area contributed by atoms with Gasteiger partial charge >= 0.3 is 0 Å². The number of hydrogen-bond donors (Lipinski definition) is 2. The van der Waals surface area contributed by atoms with Gasteiger partial charge in [0.15, 0.2) is 0 Å². The van der Waals surface area contributed by atoms with Gasteiger partial charge in [-0.15, -0.1) is 11.3 Å². The smallest absolute Gasteiger partial charge is 0.229 e. The third-order valence-electron chi connectivity index (χ3n) is 4.95. The number of hydrogen-bond acceptors (Lipinski definition) is 7. The summed E-state index contributed by atoms with van der Waals surface area (Å²) in [6.07, 6.45) is 2.45. The Balaban J connectivity index is 1.74. The Labute approximate surface area is 169 Å². The Hall–Kier alpha value is -2.00. The highest BCUT2D eigenvalue weighted by Crippen LogP contribution is 2.26. The van der Waals surface area contributed by atoms with E-state index in [1.165, 1.54) is 11.3 Å². The van der Waals surface area contributed by atoms with Crippen molar-refractivity contribution in [3.8, 4) is 5.75 Å². The Bertz CT molecular complexity index is 738. The number of aliphatic hydroxyl groups excluding tert-OH is 2. The lowest BCUT2D eigenvalue weighted by Crippen LogP contribution is -2.39. The first-order valence-electron chi connectivity index (χ1n) is 9.45. The van der Waals surface area contributed by atoms with Gasteiger partial charge in [0.25, 0.3) is 0 Å². The topological polar surface area (TPSA) is 86.1 Å². The summed E-state index contributed by atoms with van der Waals surface area (Å²) in [7, 11) is 1.82.